The summed E-state index contributed by atoms with van der Waals surface area (Å²) in [5.74, 6) is 1.82. The molecule has 2 aliphatic heterocycles. The Balaban J connectivity index is 1.32. The predicted molar refractivity (Wildman–Crippen MR) is 119 cm³/mol. The summed E-state index contributed by atoms with van der Waals surface area (Å²) >= 11 is 0. The highest BCUT2D eigenvalue weighted by Gasteiger charge is 2.44. The third kappa shape index (κ3) is 3.23. The van der Waals surface area contributed by atoms with Crippen molar-refractivity contribution in [1.82, 2.24) is 35.0 Å². The normalized spacial score (nSPS) is 17.8. The van der Waals surface area contributed by atoms with Crippen molar-refractivity contribution in [1.29, 1.82) is 0 Å². The van der Waals surface area contributed by atoms with E-state index >= 15 is 0 Å². The first-order valence-corrected chi connectivity index (χ1v) is 10.8. The zero-order valence-electron chi connectivity index (χ0n) is 17.5. The molecule has 0 aliphatic carbocycles. The second-order valence-corrected chi connectivity index (χ2v) is 8.72. The molecule has 0 amide bonds. The summed E-state index contributed by atoms with van der Waals surface area (Å²) in [7, 11) is 0. The highest BCUT2D eigenvalue weighted by Crippen LogP contribution is 2.38. The van der Waals surface area contributed by atoms with E-state index in [0.717, 1.165) is 65.8 Å². The number of nitrogens with one attached hydrogen (secondary N) is 1. The van der Waals surface area contributed by atoms with Gasteiger partial charge < -0.3 is 10.2 Å². The van der Waals surface area contributed by atoms with E-state index < -0.39 is 0 Å². The molecule has 2 fully saturated rings. The average Bonchev–Trinajstić information content (AvgIpc) is 3.21. The highest BCUT2D eigenvalue weighted by molar-refractivity contribution is 5.82. The van der Waals surface area contributed by atoms with Crippen molar-refractivity contribution in [3.63, 3.8) is 0 Å². The van der Waals surface area contributed by atoms with Gasteiger partial charge >= 0.3 is 0 Å². The zero-order valence-corrected chi connectivity index (χ0v) is 17.5. The fraction of sp³-hybridized carbons (Fsp3) is 0.348. The fourth-order valence-corrected chi connectivity index (χ4v) is 4.76. The van der Waals surface area contributed by atoms with Gasteiger partial charge in [0, 0.05) is 42.8 Å². The molecule has 2 aliphatic rings. The topological polar surface area (TPSA) is 84.7 Å². The monoisotopic (exact) mass is 412 g/mol. The Morgan fingerprint density at radius 3 is 2.74 bits per heavy atom. The molecule has 1 spiro atoms. The van der Waals surface area contributed by atoms with Crippen LogP contribution in [0.2, 0.25) is 0 Å². The first-order chi connectivity index (χ1) is 15.2. The van der Waals surface area contributed by atoms with Crippen LogP contribution < -0.4 is 10.2 Å². The third-order valence-corrected chi connectivity index (χ3v) is 6.34. The van der Waals surface area contributed by atoms with Crippen molar-refractivity contribution >= 4 is 16.7 Å². The van der Waals surface area contributed by atoms with Crippen molar-refractivity contribution in [2.75, 3.05) is 31.1 Å². The van der Waals surface area contributed by atoms with E-state index in [9.17, 15) is 0 Å². The molecule has 6 heterocycles. The van der Waals surface area contributed by atoms with Gasteiger partial charge in [-0.15, -0.1) is 0 Å². The molecular formula is C23H24N8. The minimum atomic E-state index is 0.420. The first-order valence-electron chi connectivity index (χ1n) is 10.8. The van der Waals surface area contributed by atoms with E-state index in [2.05, 4.69) is 42.4 Å². The van der Waals surface area contributed by atoms with Crippen LogP contribution >= 0.6 is 0 Å². The molecule has 31 heavy (non-hydrogen) atoms. The summed E-state index contributed by atoms with van der Waals surface area (Å²) in [6.07, 6.45) is 9.71. The lowest BCUT2D eigenvalue weighted by atomic mass is 9.74. The number of hydrogen-bond donors (Lipinski definition) is 1. The lowest BCUT2D eigenvalue weighted by molar-refractivity contribution is 0.156. The van der Waals surface area contributed by atoms with E-state index in [0.29, 0.717) is 5.41 Å². The standard InChI is InChI=1S/C23H24N8/c1-16-9-25-12-19(28-16)18-8-20-17(10-26-18)11-27-31(20)22-5-2-4-21(29-22)30-14-23(15-30)6-3-7-24-13-23/h2,4-5,8-12,24H,3,6-7,13-15H2,1H3. The number of pyridine rings is 2. The molecule has 0 bridgehead atoms. The zero-order chi connectivity index (χ0) is 20.8. The second-order valence-electron chi connectivity index (χ2n) is 8.72. The van der Waals surface area contributed by atoms with Crippen LogP contribution in [0.25, 0.3) is 28.1 Å². The van der Waals surface area contributed by atoms with Gasteiger partial charge in [0.25, 0.3) is 0 Å². The smallest absolute Gasteiger partial charge is 0.156 e. The molecule has 4 aromatic rings. The van der Waals surface area contributed by atoms with Crippen molar-refractivity contribution in [3.8, 4) is 17.2 Å². The maximum absolute atomic E-state index is 4.94. The van der Waals surface area contributed by atoms with E-state index in [1.165, 1.54) is 12.8 Å². The molecule has 0 saturated carbocycles. The van der Waals surface area contributed by atoms with Gasteiger partial charge in [-0.2, -0.15) is 5.10 Å². The molecule has 156 valence electrons. The molecule has 0 radical (unpaired) electrons. The minimum Gasteiger partial charge on any atom is -0.355 e. The number of fused-ring (bicyclic) bond motifs is 1. The predicted octanol–water partition coefficient (Wildman–Crippen LogP) is 2.77. The van der Waals surface area contributed by atoms with Gasteiger partial charge in [-0.25, -0.2) is 14.6 Å². The molecule has 0 unspecified atom stereocenters. The number of rotatable bonds is 3. The van der Waals surface area contributed by atoms with Gasteiger partial charge in [0.2, 0.25) is 0 Å². The van der Waals surface area contributed by atoms with Gasteiger partial charge in [0.05, 0.1) is 29.3 Å². The number of hydrogen-bond acceptors (Lipinski definition) is 7. The Morgan fingerprint density at radius 1 is 1.00 bits per heavy atom. The summed E-state index contributed by atoms with van der Waals surface area (Å²) in [6.45, 7) is 6.32. The maximum atomic E-state index is 4.94. The Kier molecular flexibility index (Phi) is 4.21. The van der Waals surface area contributed by atoms with Gasteiger partial charge in [-0.05, 0) is 44.5 Å². The Labute approximate surface area is 180 Å². The molecule has 6 rings (SSSR count). The molecular weight excluding hydrogens is 388 g/mol. The van der Waals surface area contributed by atoms with E-state index in [-0.39, 0.29) is 0 Å². The fourth-order valence-electron chi connectivity index (χ4n) is 4.76. The van der Waals surface area contributed by atoms with Crippen LogP contribution in [-0.2, 0) is 0 Å². The minimum absolute atomic E-state index is 0.420. The van der Waals surface area contributed by atoms with Crippen LogP contribution in [0, 0.1) is 12.3 Å². The summed E-state index contributed by atoms with van der Waals surface area (Å²) in [5, 5.41) is 9.11. The van der Waals surface area contributed by atoms with Crippen molar-refractivity contribution in [3.05, 3.63) is 54.7 Å². The van der Waals surface area contributed by atoms with Gasteiger partial charge in [-0.1, -0.05) is 6.07 Å². The Hall–Kier alpha value is -3.39. The number of nitrogens with zero attached hydrogens (tertiary/aromatic N) is 7. The van der Waals surface area contributed by atoms with Crippen molar-refractivity contribution < 1.29 is 0 Å². The molecule has 1 N–H and O–H groups in total. The molecule has 0 atom stereocenters. The van der Waals surface area contributed by atoms with Crippen molar-refractivity contribution in [2.45, 2.75) is 19.8 Å². The Morgan fingerprint density at radius 2 is 1.90 bits per heavy atom. The van der Waals surface area contributed by atoms with E-state index in [1.54, 1.807) is 12.4 Å². The average molecular weight is 413 g/mol. The van der Waals surface area contributed by atoms with Crippen LogP contribution in [0.15, 0.2) is 49.1 Å². The van der Waals surface area contributed by atoms with Crippen LogP contribution in [-0.4, -0.2) is 55.9 Å². The number of aromatic nitrogens is 6. The first kappa shape index (κ1) is 18.4. The van der Waals surface area contributed by atoms with Crippen LogP contribution in [0.5, 0.6) is 0 Å². The lowest BCUT2D eigenvalue weighted by Crippen LogP contribution is -2.62. The van der Waals surface area contributed by atoms with Crippen LogP contribution in [0.4, 0.5) is 5.82 Å². The quantitative estimate of drug-likeness (QED) is 0.554. The summed E-state index contributed by atoms with van der Waals surface area (Å²) in [6, 6.07) is 8.16. The number of aryl methyl sites for hydroxylation is 1. The summed E-state index contributed by atoms with van der Waals surface area (Å²) in [5.41, 5.74) is 3.76. The van der Waals surface area contributed by atoms with Gasteiger partial charge in [0.1, 0.15) is 11.5 Å². The van der Waals surface area contributed by atoms with Crippen LogP contribution in [0.1, 0.15) is 18.5 Å². The molecule has 2 saturated heterocycles. The van der Waals surface area contributed by atoms with Gasteiger partial charge in [-0.3, -0.25) is 9.97 Å². The molecule has 8 nitrogen and oxygen atoms in total. The third-order valence-electron chi connectivity index (χ3n) is 6.34. The van der Waals surface area contributed by atoms with Gasteiger partial charge in [0.15, 0.2) is 5.82 Å². The molecule has 8 heteroatoms. The Bertz CT molecular complexity index is 1250. The van der Waals surface area contributed by atoms with E-state index in [4.69, 9.17) is 4.98 Å². The summed E-state index contributed by atoms with van der Waals surface area (Å²) in [4.78, 5) is 20.7. The lowest BCUT2D eigenvalue weighted by Gasteiger charge is -2.53. The largest absolute Gasteiger partial charge is 0.355 e. The van der Waals surface area contributed by atoms with E-state index in [1.807, 2.05) is 36.1 Å². The maximum Gasteiger partial charge on any atom is 0.156 e. The second kappa shape index (κ2) is 7.09. The molecule has 0 aromatic carbocycles. The number of anilines is 1. The van der Waals surface area contributed by atoms with Crippen molar-refractivity contribution in [2.24, 2.45) is 5.41 Å². The SMILES string of the molecule is Cc1cncc(-c2cc3c(cn2)cnn3-c2cccc(N3CC4(CCCNC4)C3)n2)n1. The number of piperidine rings is 1. The molecule has 4 aromatic heterocycles. The summed E-state index contributed by atoms with van der Waals surface area (Å²) < 4.78 is 1.88. The highest BCUT2D eigenvalue weighted by atomic mass is 15.3. The van der Waals surface area contributed by atoms with Crippen LogP contribution in [0.3, 0.4) is 0 Å².